The number of hydrogen-bond donors (Lipinski definition) is 3. The summed E-state index contributed by atoms with van der Waals surface area (Å²) in [4.78, 5) is 28.7. The number of carbonyl (C=O) groups excluding carboxylic acids is 2. The van der Waals surface area contributed by atoms with Crippen molar-refractivity contribution in [1.29, 1.82) is 0 Å². The van der Waals surface area contributed by atoms with Gasteiger partial charge in [0.05, 0.1) is 11.8 Å². The molecule has 0 spiro atoms. The summed E-state index contributed by atoms with van der Waals surface area (Å²) >= 11 is 0. The Morgan fingerprint density at radius 2 is 1.93 bits per heavy atom. The first kappa shape index (κ1) is 17.5. The van der Waals surface area contributed by atoms with Gasteiger partial charge in [0.25, 0.3) is 5.91 Å². The molecule has 2 aromatic carbocycles. The summed E-state index contributed by atoms with van der Waals surface area (Å²) in [6, 6.07) is 14.6. The van der Waals surface area contributed by atoms with E-state index in [9.17, 15) is 9.59 Å². The van der Waals surface area contributed by atoms with Gasteiger partial charge in [0.15, 0.2) is 5.82 Å². The van der Waals surface area contributed by atoms with E-state index in [2.05, 4.69) is 25.8 Å². The second-order valence-corrected chi connectivity index (χ2v) is 6.23. The summed E-state index contributed by atoms with van der Waals surface area (Å²) in [5.74, 6) is -0.150. The zero-order valence-electron chi connectivity index (χ0n) is 15.0. The number of amides is 2. The normalized spacial score (nSPS) is 11.9. The number of furan rings is 1. The van der Waals surface area contributed by atoms with Crippen molar-refractivity contribution in [2.24, 2.45) is 0 Å². The van der Waals surface area contributed by atoms with Crippen LogP contribution >= 0.6 is 0 Å². The van der Waals surface area contributed by atoms with Crippen molar-refractivity contribution in [3.8, 4) is 11.4 Å². The second-order valence-electron chi connectivity index (χ2n) is 6.23. The lowest BCUT2D eigenvalue weighted by Gasteiger charge is -2.11. The Balaban J connectivity index is 1.47. The molecule has 4 aromatic rings. The van der Waals surface area contributed by atoms with Gasteiger partial charge in [-0.3, -0.25) is 20.0 Å². The van der Waals surface area contributed by atoms with E-state index in [0.717, 1.165) is 16.3 Å². The third-order valence-electron chi connectivity index (χ3n) is 4.29. The molecule has 8 heteroatoms. The lowest BCUT2D eigenvalue weighted by molar-refractivity contribution is -0.117. The first-order chi connectivity index (χ1) is 13.6. The average Bonchev–Trinajstić information content (AvgIpc) is 3.39. The van der Waals surface area contributed by atoms with Gasteiger partial charge < -0.3 is 9.73 Å². The average molecular weight is 375 g/mol. The Morgan fingerprint density at radius 3 is 2.75 bits per heavy atom. The molecule has 28 heavy (non-hydrogen) atoms. The van der Waals surface area contributed by atoms with Gasteiger partial charge in [-0.2, -0.15) is 4.98 Å². The maximum absolute atomic E-state index is 12.3. The van der Waals surface area contributed by atoms with Crippen LogP contribution in [0.2, 0.25) is 0 Å². The van der Waals surface area contributed by atoms with Crippen LogP contribution in [-0.4, -0.2) is 33.0 Å². The summed E-state index contributed by atoms with van der Waals surface area (Å²) in [5, 5.41) is 14.2. The maximum Gasteiger partial charge on any atom is 0.255 e. The van der Waals surface area contributed by atoms with Gasteiger partial charge in [0.2, 0.25) is 11.9 Å². The summed E-state index contributed by atoms with van der Waals surface area (Å²) in [6.07, 6.45) is 2.70. The van der Waals surface area contributed by atoms with E-state index in [1.165, 1.54) is 18.6 Å². The zero-order chi connectivity index (χ0) is 19.5. The molecule has 2 aromatic heterocycles. The standard InChI is InChI=1S/C20H17N5O3/c1-12(21-19(27)14-9-10-28-11-14)18(26)23-20-22-17(24-25-20)16-8-4-6-13-5-2-3-7-15(13)16/h2-12H,1H3,(H,21,27)(H2,22,23,24,25,26)/t12-/m1/s1. The maximum atomic E-state index is 12.3. The lowest BCUT2D eigenvalue weighted by Crippen LogP contribution is -2.41. The number of anilines is 1. The summed E-state index contributed by atoms with van der Waals surface area (Å²) in [6.45, 7) is 1.57. The Labute approximate surface area is 160 Å². The first-order valence-corrected chi connectivity index (χ1v) is 8.66. The summed E-state index contributed by atoms with van der Waals surface area (Å²) < 4.78 is 4.86. The molecule has 0 saturated heterocycles. The van der Waals surface area contributed by atoms with Crippen LogP contribution in [0.5, 0.6) is 0 Å². The molecule has 3 N–H and O–H groups in total. The molecule has 0 unspecified atom stereocenters. The molecular weight excluding hydrogens is 358 g/mol. The van der Waals surface area contributed by atoms with Crippen LogP contribution in [0.4, 0.5) is 5.95 Å². The van der Waals surface area contributed by atoms with Crippen LogP contribution in [0.25, 0.3) is 22.2 Å². The predicted molar refractivity (Wildman–Crippen MR) is 104 cm³/mol. The summed E-state index contributed by atoms with van der Waals surface area (Å²) in [7, 11) is 0. The van der Waals surface area contributed by atoms with Gasteiger partial charge in [-0.25, -0.2) is 0 Å². The second kappa shape index (κ2) is 7.36. The van der Waals surface area contributed by atoms with Gasteiger partial charge in [-0.05, 0) is 23.8 Å². The monoisotopic (exact) mass is 375 g/mol. The molecule has 0 radical (unpaired) electrons. The molecular formula is C20H17N5O3. The smallest absolute Gasteiger partial charge is 0.255 e. The van der Waals surface area contributed by atoms with E-state index in [4.69, 9.17) is 4.42 Å². The van der Waals surface area contributed by atoms with Crippen molar-refractivity contribution in [3.05, 3.63) is 66.6 Å². The highest BCUT2D eigenvalue weighted by Gasteiger charge is 2.19. The van der Waals surface area contributed by atoms with E-state index in [1.54, 1.807) is 6.92 Å². The minimum atomic E-state index is -0.776. The lowest BCUT2D eigenvalue weighted by atomic mass is 10.0. The number of fused-ring (bicyclic) bond motifs is 1. The number of hydrogen-bond acceptors (Lipinski definition) is 5. The van der Waals surface area contributed by atoms with E-state index in [-0.39, 0.29) is 5.95 Å². The van der Waals surface area contributed by atoms with Crippen molar-refractivity contribution in [2.45, 2.75) is 13.0 Å². The molecule has 2 heterocycles. The largest absolute Gasteiger partial charge is 0.472 e. The van der Waals surface area contributed by atoms with Gasteiger partial charge in [0, 0.05) is 5.56 Å². The van der Waals surface area contributed by atoms with E-state index in [1.807, 2.05) is 42.5 Å². The molecule has 140 valence electrons. The highest BCUT2D eigenvalue weighted by Crippen LogP contribution is 2.26. The molecule has 0 aliphatic heterocycles. The minimum Gasteiger partial charge on any atom is -0.472 e. The topological polar surface area (TPSA) is 113 Å². The number of H-pyrrole nitrogens is 1. The van der Waals surface area contributed by atoms with Crippen molar-refractivity contribution in [2.75, 3.05) is 5.32 Å². The van der Waals surface area contributed by atoms with Crippen molar-refractivity contribution < 1.29 is 14.0 Å². The minimum absolute atomic E-state index is 0.136. The number of nitrogens with zero attached hydrogens (tertiary/aromatic N) is 2. The number of nitrogens with one attached hydrogen (secondary N) is 3. The fourth-order valence-electron chi connectivity index (χ4n) is 2.83. The van der Waals surface area contributed by atoms with E-state index < -0.39 is 17.9 Å². The highest BCUT2D eigenvalue weighted by atomic mass is 16.3. The zero-order valence-corrected chi connectivity index (χ0v) is 15.0. The van der Waals surface area contributed by atoms with Gasteiger partial charge in [0.1, 0.15) is 12.3 Å². The first-order valence-electron chi connectivity index (χ1n) is 8.66. The molecule has 0 fully saturated rings. The van der Waals surface area contributed by atoms with Gasteiger partial charge >= 0.3 is 0 Å². The molecule has 1 atom stereocenters. The van der Waals surface area contributed by atoms with Gasteiger partial charge in [-0.15, -0.1) is 5.10 Å². The molecule has 0 bridgehead atoms. The third-order valence-corrected chi connectivity index (χ3v) is 4.29. The quantitative estimate of drug-likeness (QED) is 0.496. The molecule has 8 nitrogen and oxygen atoms in total. The number of aromatic nitrogens is 3. The van der Waals surface area contributed by atoms with Crippen LogP contribution in [0.15, 0.2) is 65.5 Å². The SMILES string of the molecule is C[C@@H](NC(=O)c1ccoc1)C(=O)Nc1n[nH]c(-c2cccc3ccccc23)n1. The van der Waals surface area contributed by atoms with Crippen molar-refractivity contribution in [3.63, 3.8) is 0 Å². The van der Waals surface area contributed by atoms with Crippen LogP contribution in [0, 0.1) is 0 Å². The Bertz CT molecular complexity index is 1130. The molecule has 2 amide bonds. The number of benzene rings is 2. The molecule has 0 aliphatic rings. The van der Waals surface area contributed by atoms with Crippen LogP contribution in [0.1, 0.15) is 17.3 Å². The van der Waals surface area contributed by atoms with Crippen LogP contribution < -0.4 is 10.6 Å². The number of rotatable bonds is 5. The van der Waals surface area contributed by atoms with Crippen LogP contribution in [-0.2, 0) is 4.79 Å². The van der Waals surface area contributed by atoms with Crippen LogP contribution in [0.3, 0.4) is 0 Å². The number of carbonyl (C=O) groups is 2. The Hall–Kier alpha value is -3.94. The molecule has 0 aliphatic carbocycles. The van der Waals surface area contributed by atoms with Gasteiger partial charge in [-0.1, -0.05) is 42.5 Å². The fourth-order valence-corrected chi connectivity index (χ4v) is 2.83. The highest BCUT2D eigenvalue weighted by molar-refractivity contribution is 6.00. The van der Waals surface area contributed by atoms with E-state index >= 15 is 0 Å². The van der Waals surface area contributed by atoms with Crippen molar-refractivity contribution in [1.82, 2.24) is 20.5 Å². The third kappa shape index (κ3) is 3.48. The Kier molecular flexibility index (Phi) is 4.59. The number of aromatic amines is 1. The van der Waals surface area contributed by atoms with E-state index in [0.29, 0.717) is 11.4 Å². The van der Waals surface area contributed by atoms with Crippen molar-refractivity contribution >= 4 is 28.5 Å². The fraction of sp³-hybridized carbons (Fsp3) is 0.100. The predicted octanol–water partition coefficient (Wildman–Crippen LogP) is 2.97. The molecule has 0 saturated carbocycles. The summed E-state index contributed by atoms with van der Waals surface area (Å²) in [5.41, 5.74) is 1.23. The molecule has 4 rings (SSSR count). The Morgan fingerprint density at radius 1 is 1.11 bits per heavy atom.